The second kappa shape index (κ2) is 9.60. The van der Waals surface area contributed by atoms with Gasteiger partial charge in [0.25, 0.3) is 0 Å². The van der Waals surface area contributed by atoms with Crippen LogP contribution in [0.1, 0.15) is 18.9 Å². The molecule has 2 aromatic carbocycles. The van der Waals surface area contributed by atoms with Crippen molar-refractivity contribution in [2.45, 2.75) is 25.3 Å². The van der Waals surface area contributed by atoms with Crippen LogP contribution in [0.25, 0.3) is 11.1 Å². The summed E-state index contributed by atoms with van der Waals surface area (Å²) in [6.45, 7) is 1.49. The van der Waals surface area contributed by atoms with Crippen molar-refractivity contribution in [2.75, 3.05) is 6.61 Å². The molecule has 156 valence electrons. The number of esters is 1. The molecule has 0 aliphatic heterocycles. The number of rotatable bonds is 8. The summed E-state index contributed by atoms with van der Waals surface area (Å²) in [5.74, 6) is -1.64. The average Bonchev–Trinajstić information content (AvgIpc) is 2.66. The largest absolute Gasteiger partial charge is 0.534 e. The molecule has 2 aromatic rings. The van der Waals surface area contributed by atoms with Gasteiger partial charge >= 0.3 is 21.6 Å². The molecule has 2 rings (SSSR count). The van der Waals surface area contributed by atoms with Crippen molar-refractivity contribution < 1.29 is 35.3 Å². The third kappa shape index (κ3) is 6.35. The predicted molar refractivity (Wildman–Crippen MR) is 101 cm³/mol. The molecule has 0 saturated carbocycles. The van der Waals surface area contributed by atoms with Crippen LogP contribution >= 0.6 is 0 Å². The zero-order chi connectivity index (χ0) is 21.5. The van der Waals surface area contributed by atoms with E-state index < -0.39 is 27.4 Å². The van der Waals surface area contributed by atoms with Gasteiger partial charge in [0.15, 0.2) is 0 Å². The lowest BCUT2D eigenvalue weighted by atomic mass is 9.96. The molecule has 5 nitrogen and oxygen atoms in total. The normalized spacial score (nSPS) is 12.5. The standard InChI is InChI=1S/C20H19F3O5S/c1-2-27-19(24)14-17(28-29(25,26)20(21,22)23)13-12-16-10-6-7-11-18(16)15-8-4-3-5-9-15/h3-11,14H,2,12-13H2,1H3/b17-14-. The Hall–Kier alpha value is -2.81. The monoisotopic (exact) mass is 428 g/mol. The first-order chi connectivity index (χ1) is 13.6. The number of aryl methyl sites for hydroxylation is 1. The van der Waals surface area contributed by atoms with Crippen molar-refractivity contribution in [1.29, 1.82) is 0 Å². The van der Waals surface area contributed by atoms with Crippen LogP contribution in [-0.4, -0.2) is 26.5 Å². The summed E-state index contributed by atoms with van der Waals surface area (Å²) in [7, 11) is -5.90. The molecule has 0 bridgehead atoms. The van der Waals surface area contributed by atoms with E-state index in [1.54, 1.807) is 12.1 Å². The van der Waals surface area contributed by atoms with Gasteiger partial charge in [0.2, 0.25) is 0 Å². The Morgan fingerprint density at radius 3 is 2.28 bits per heavy atom. The fourth-order valence-corrected chi connectivity index (χ4v) is 3.04. The highest BCUT2D eigenvalue weighted by Gasteiger charge is 2.48. The molecule has 0 aliphatic rings. The maximum absolute atomic E-state index is 12.7. The second-order valence-electron chi connectivity index (χ2n) is 5.87. The van der Waals surface area contributed by atoms with Gasteiger partial charge in [-0.05, 0) is 30.0 Å². The highest BCUT2D eigenvalue weighted by atomic mass is 32.2. The number of carbonyl (C=O) groups excluding carboxylic acids is 1. The molecule has 0 saturated heterocycles. The highest BCUT2D eigenvalue weighted by molar-refractivity contribution is 7.87. The van der Waals surface area contributed by atoms with Crippen molar-refractivity contribution in [1.82, 2.24) is 0 Å². The first kappa shape index (κ1) is 22.5. The molecule has 0 fully saturated rings. The van der Waals surface area contributed by atoms with Gasteiger partial charge in [-0.15, -0.1) is 0 Å². The Kier molecular flexibility index (Phi) is 7.44. The third-order valence-electron chi connectivity index (χ3n) is 3.81. The molecule has 0 amide bonds. The summed E-state index contributed by atoms with van der Waals surface area (Å²) in [4.78, 5) is 11.6. The van der Waals surface area contributed by atoms with Gasteiger partial charge in [-0.2, -0.15) is 21.6 Å². The van der Waals surface area contributed by atoms with Gasteiger partial charge < -0.3 is 8.92 Å². The van der Waals surface area contributed by atoms with Crippen molar-refractivity contribution >= 4 is 16.1 Å². The Bertz CT molecular complexity index is 967. The first-order valence-electron chi connectivity index (χ1n) is 8.65. The van der Waals surface area contributed by atoms with Crippen LogP contribution in [0.3, 0.4) is 0 Å². The van der Waals surface area contributed by atoms with Crippen LogP contribution in [0.2, 0.25) is 0 Å². The number of allylic oxidation sites excluding steroid dienone is 1. The molecule has 0 aliphatic carbocycles. The van der Waals surface area contributed by atoms with E-state index in [1.807, 2.05) is 42.5 Å². The van der Waals surface area contributed by atoms with Crippen LogP contribution in [0, 0.1) is 0 Å². The van der Waals surface area contributed by atoms with Crippen LogP contribution in [0.15, 0.2) is 66.4 Å². The van der Waals surface area contributed by atoms with E-state index >= 15 is 0 Å². The van der Waals surface area contributed by atoms with Crippen LogP contribution in [0.5, 0.6) is 0 Å². The molecule has 0 N–H and O–H groups in total. The van der Waals surface area contributed by atoms with Gasteiger partial charge in [-0.3, -0.25) is 0 Å². The number of ether oxygens (including phenoxy) is 1. The van der Waals surface area contributed by atoms with E-state index in [0.717, 1.165) is 16.7 Å². The van der Waals surface area contributed by atoms with Crippen molar-refractivity contribution in [3.63, 3.8) is 0 Å². The summed E-state index contributed by atoms with van der Waals surface area (Å²) in [5.41, 5.74) is -3.13. The zero-order valence-electron chi connectivity index (χ0n) is 15.5. The molecular weight excluding hydrogens is 409 g/mol. The van der Waals surface area contributed by atoms with Crippen molar-refractivity contribution in [2.24, 2.45) is 0 Å². The molecule has 9 heteroatoms. The predicted octanol–water partition coefficient (Wildman–Crippen LogP) is 4.60. The summed E-state index contributed by atoms with van der Waals surface area (Å²) in [5, 5.41) is 0. The molecular formula is C20H19F3O5S. The molecule has 29 heavy (non-hydrogen) atoms. The maximum Gasteiger partial charge on any atom is 0.534 e. The summed E-state index contributed by atoms with van der Waals surface area (Å²) >= 11 is 0. The lowest BCUT2D eigenvalue weighted by Gasteiger charge is -2.14. The summed E-state index contributed by atoms with van der Waals surface area (Å²) < 4.78 is 69.6. The number of benzene rings is 2. The zero-order valence-corrected chi connectivity index (χ0v) is 16.3. The fraction of sp³-hybridized carbons (Fsp3) is 0.250. The van der Waals surface area contributed by atoms with Crippen LogP contribution in [0.4, 0.5) is 13.2 Å². The van der Waals surface area contributed by atoms with Gasteiger partial charge in [-0.1, -0.05) is 54.6 Å². The van der Waals surface area contributed by atoms with Gasteiger partial charge in [-0.25, -0.2) is 4.79 Å². The van der Waals surface area contributed by atoms with Gasteiger partial charge in [0.05, 0.1) is 12.7 Å². The van der Waals surface area contributed by atoms with Crippen molar-refractivity contribution in [3.05, 3.63) is 72.0 Å². The second-order valence-corrected chi connectivity index (χ2v) is 7.41. The number of alkyl halides is 3. The molecule has 0 radical (unpaired) electrons. The topological polar surface area (TPSA) is 69.7 Å². The van der Waals surface area contributed by atoms with Crippen LogP contribution < -0.4 is 0 Å². The number of hydrogen-bond donors (Lipinski definition) is 0. The Morgan fingerprint density at radius 1 is 1.03 bits per heavy atom. The third-order valence-corrected chi connectivity index (χ3v) is 4.81. The average molecular weight is 428 g/mol. The number of carbonyl (C=O) groups is 1. The molecule has 0 aromatic heterocycles. The summed E-state index contributed by atoms with van der Waals surface area (Å²) in [6.07, 6.45) is 0.513. The lowest BCUT2D eigenvalue weighted by molar-refractivity contribution is -0.137. The quantitative estimate of drug-likeness (QED) is 0.202. The van der Waals surface area contributed by atoms with E-state index in [2.05, 4.69) is 8.92 Å². The summed E-state index contributed by atoms with van der Waals surface area (Å²) in [6, 6.07) is 16.5. The van der Waals surface area contributed by atoms with E-state index in [0.29, 0.717) is 6.08 Å². The van der Waals surface area contributed by atoms with E-state index in [9.17, 15) is 26.4 Å². The minimum Gasteiger partial charge on any atom is -0.463 e. The first-order valence-corrected chi connectivity index (χ1v) is 10.1. The van der Waals surface area contributed by atoms with E-state index in [1.165, 1.54) is 6.92 Å². The Labute approximate surface area is 166 Å². The number of halogens is 3. The molecule has 0 unspecified atom stereocenters. The fourth-order valence-electron chi connectivity index (χ4n) is 2.54. The molecule has 0 heterocycles. The van der Waals surface area contributed by atoms with Gasteiger partial charge in [0.1, 0.15) is 5.76 Å². The minimum absolute atomic E-state index is 0.0223. The SMILES string of the molecule is CCOC(=O)/C=C(/CCc1ccccc1-c1ccccc1)OS(=O)(=O)C(F)(F)F. The lowest BCUT2D eigenvalue weighted by Crippen LogP contribution is -2.25. The van der Waals surface area contributed by atoms with Crippen molar-refractivity contribution in [3.8, 4) is 11.1 Å². The number of hydrogen-bond acceptors (Lipinski definition) is 5. The van der Waals surface area contributed by atoms with E-state index in [4.69, 9.17) is 0 Å². The molecule has 0 spiro atoms. The smallest absolute Gasteiger partial charge is 0.463 e. The highest BCUT2D eigenvalue weighted by Crippen LogP contribution is 2.29. The van der Waals surface area contributed by atoms with Gasteiger partial charge in [0, 0.05) is 6.42 Å². The molecule has 0 atom stereocenters. The maximum atomic E-state index is 12.7. The Balaban J connectivity index is 2.28. The Morgan fingerprint density at radius 2 is 1.66 bits per heavy atom. The van der Waals surface area contributed by atoms with E-state index in [-0.39, 0.29) is 19.4 Å². The van der Waals surface area contributed by atoms with Crippen LogP contribution in [-0.2, 0) is 30.3 Å². The minimum atomic E-state index is -5.90.